The highest BCUT2D eigenvalue weighted by molar-refractivity contribution is 14.0. The molecule has 7 nitrogen and oxygen atoms in total. The SMILES string of the molecule is CN=C(NCCC(=O)NC1CCS(=O)(=O)C1)N(C)Cc1cccc(Cl)c1.I. The van der Waals surface area contributed by atoms with Gasteiger partial charge in [0.05, 0.1) is 11.5 Å². The zero-order chi connectivity index (χ0) is 19.2. The van der Waals surface area contributed by atoms with Gasteiger partial charge in [-0.3, -0.25) is 9.79 Å². The lowest BCUT2D eigenvalue weighted by atomic mass is 10.2. The van der Waals surface area contributed by atoms with Crippen LogP contribution in [-0.4, -0.2) is 63.4 Å². The summed E-state index contributed by atoms with van der Waals surface area (Å²) < 4.78 is 22.8. The molecule has 0 radical (unpaired) electrons. The van der Waals surface area contributed by atoms with Crippen molar-refractivity contribution in [2.75, 3.05) is 32.1 Å². The Morgan fingerprint density at radius 2 is 2.15 bits per heavy atom. The van der Waals surface area contributed by atoms with Gasteiger partial charge in [0.1, 0.15) is 0 Å². The van der Waals surface area contributed by atoms with E-state index in [-0.39, 0.29) is 53.9 Å². The first kappa shape index (κ1) is 24.0. The molecular formula is C17H26ClIN4O3S. The van der Waals surface area contributed by atoms with Gasteiger partial charge in [-0.2, -0.15) is 0 Å². The van der Waals surface area contributed by atoms with Gasteiger partial charge in [0.25, 0.3) is 0 Å². The lowest BCUT2D eigenvalue weighted by molar-refractivity contribution is -0.121. The van der Waals surface area contributed by atoms with Crippen LogP contribution in [0.2, 0.25) is 5.02 Å². The summed E-state index contributed by atoms with van der Waals surface area (Å²) in [5.74, 6) is 0.696. The van der Waals surface area contributed by atoms with Crippen LogP contribution in [-0.2, 0) is 21.2 Å². The summed E-state index contributed by atoms with van der Waals surface area (Å²) >= 11 is 6.00. The third-order valence-corrected chi connectivity index (χ3v) is 6.12. The van der Waals surface area contributed by atoms with Crippen LogP contribution >= 0.6 is 35.6 Å². The van der Waals surface area contributed by atoms with E-state index in [0.717, 1.165) is 5.56 Å². The molecule has 1 aliphatic heterocycles. The number of carbonyl (C=O) groups excluding carboxylic acids is 1. The normalized spacial score (nSPS) is 18.5. The van der Waals surface area contributed by atoms with Gasteiger partial charge < -0.3 is 15.5 Å². The molecule has 1 saturated heterocycles. The van der Waals surface area contributed by atoms with Crippen LogP contribution in [0.3, 0.4) is 0 Å². The minimum atomic E-state index is -2.99. The van der Waals surface area contributed by atoms with Crippen molar-refractivity contribution >= 4 is 57.3 Å². The molecule has 1 aromatic rings. The molecule has 2 rings (SSSR count). The summed E-state index contributed by atoms with van der Waals surface area (Å²) in [5, 5.41) is 6.60. The van der Waals surface area contributed by atoms with Crippen molar-refractivity contribution in [3.8, 4) is 0 Å². The number of aliphatic imine (C=N–C) groups is 1. The second kappa shape index (κ2) is 11.1. The number of amides is 1. The van der Waals surface area contributed by atoms with E-state index in [1.807, 2.05) is 36.2 Å². The van der Waals surface area contributed by atoms with Crippen molar-refractivity contribution < 1.29 is 13.2 Å². The Hall–Kier alpha value is -1.07. The first-order valence-electron chi connectivity index (χ1n) is 8.45. The summed E-state index contributed by atoms with van der Waals surface area (Å²) in [5.41, 5.74) is 1.06. The lowest BCUT2D eigenvalue weighted by Crippen LogP contribution is -2.41. The predicted octanol–water partition coefficient (Wildman–Crippen LogP) is 1.66. The van der Waals surface area contributed by atoms with Crippen molar-refractivity contribution in [3.05, 3.63) is 34.9 Å². The molecule has 1 aliphatic rings. The molecule has 1 unspecified atom stereocenters. The number of hydrogen-bond acceptors (Lipinski definition) is 4. The van der Waals surface area contributed by atoms with Crippen LogP contribution < -0.4 is 10.6 Å². The average molecular weight is 529 g/mol. The molecule has 0 saturated carbocycles. The number of nitrogens with one attached hydrogen (secondary N) is 2. The fraction of sp³-hybridized carbons (Fsp3) is 0.529. The second-order valence-electron chi connectivity index (χ2n) is 6.38. The molecule has 0 aromatic heterocycles. The van der Waals surface area contributed by atoms with Gasteiger partial charge in [0.2, 0.25) is 5.91 Å². The summed E-state index contributed by atoms with van der Waals surface area (Å²) in [6.07, 6.45) is 0.742. The second-order valence-corrected chi connectivity index (χ2v) is 9.04. The fourth-order valence-corrected chi connectivity index (χ4v) is 4.75. The smallest absolute Gasteiger partial charge is 0.222 e. The van der Waals surface area contributed by atoms with Gasteiger partial charge in [-0.15, -0.1) is 24.0 Å². The maximum Gasteiger partial charge on any atom is 0.222 e. The van der Waals surface area contributed by atoms with E-state index in [1.54, 1.807) is 7.05 Å². The van der Waals surface area contributed by atoms with Crippen molar-refractivity contribution in [2.45, 2.75) is 25.4 Å². The van der Waals surface area contributed by atoms with Crippen molar-refractivity contribution in [3.63, 3.8) is 0 Å². The number of halogens is 2. The number of carbonyl (C=O) groups is 1. The minimum absolute atomic E-state index is 0. The highest BCUT2D eigenvalue weighted by atomic mass is 127. The molecule has 2 N–H and O–H groups in total. The number of rotatable bonds is 6. The van der Waals surface area contributed by atoms with Crippen LogP contribution in [0.5, 0.6) is 0 Å². The third kappa shape index (κ3) is 8.22. The van der Waals surface area contributed by atoms with Gasteiger partial charge in [-0.1, -0.05) is 23.7 Å². The summed E-state index contributed by atoms with van der Waals surface area (Å²) in [7, 11) is 0.595. The zero-order valence-corrected chi connectivity index (χ0v) is 19.3. The molecule has 0 aliphatic carbocycles. The van der Waals surface area contributed by atoms with E-state index >= 15 is 0 Å². The Bertz CT molecular complexity index is 773. The molecule has 1 heterocycles. The number of nitrogens with zero attached hydrogens (tertiary/aromatic N) is 2. The van der Waals surface area contributed by atoms with Crippen molar-refractivity contribution in [1.82, 2.24) is 15.5 Å². The standard InChI is InChI=1S/C17H25ClN4O3S.HI/c1-19-17(22(2)11-13-4-3-5-14(18)10-13)20-8-6-16(23)21-15-7-9-26(24,25)12-15;/h3-5,10,15H,6-9,11-12H2,1-2H3,(H,19,20)(H,21,23);1H. The van der Waals surface area contributed by atoms with Crippen LogP contribution in [0, 0.1) is 0 Å². The largest absolute Gasteiger partial charge is 0.356 e. The number of sulfone groups is 1. The Labute approximate surface area is 182 Å². The maximum atomic E-state index is 12.0. The van der Waals surface area contributed by atoms with Gasteiger partial charge in [-0.25, -0.2) is 8.42 Å². The monoisotopic (exact) mass is 528 g/mol. The molecule has 0 bridgehead atoms. The van der Waals surface area contributed by atoms with Gasteiger partial charge in [-0.05, 0) is 24.1 Å². The first-order valence-corrected chi connectivity index (χ1v) is 10.6. The Morgan fingerprint density at radius 3 is 2.74 bits per heavy atom. The number of guanidine groups is 1. The third-order valence-electron chi connectivity index (χ3n) is 4.11. The molecule has 0 spiro atoms. The maximum absolute atomic E-state index is 12.0. The fourth-order valence-electron chi connectivity index (χ4n) is 2.87. The molecule has 10 heteroatoms. The summed E-state index contributed by atoms with van der Waals surface area (Å²) in [4.78, 5) is 18.1. The topological polar surface area (TPSA) is 90.9 Å². The zero-order valence-electron chi connectivity index (χ0n) is 15.4. The van der Waals surface area contributed by atoms with Crippen molar-refractivity contribution in [2.24, 2.45) is 4.99 Å². The van der Waals surface area contributed by atoms with E-state index in [0.29, 0.717) is 30.5 Å². The molecule has 1 atom stereocenters. The number of benzene rings is 1. The molecule has 27 heavy (non-hydrogen) atoms. The highest BCUT2D eigenvalue weighted by Gasteiger charge is 2.28. The highest BCUT2D eigenvalue weighted by Crippen LogP contribution is 2.12. The van der Waals surface area contributed by atoms with Crippen molar-refractivity contribution in [1.29, 1.82) is 0 Å². The molecule has 152 valence electrons. The predicted molar refractivity (Wildman–Crippen MR) is 120 cm³/mol. The number of hydrogen-bond donors (Lipinski definition) is 2. The van der Waals surface area contributed by atoms with Crippen LogP contribution in [0.15, 0.2) is 29.3 Å². The van der Waals surface area contributed by atoms with E-state index in [4.69, 9.17) is 11.6 Å². The summed E-state index contributed by atoms with van der Waals surface area (Å²) in [6.45, 7) is 1.05. The molecule has 1 amide bonds. The molecule has 1 aromatic carbocycles. The Morgan fingerprint density at radius 1 is 1.41 bits per heavy atom. The molecular weight excluding hydrogens is 503 g/mol. The van der Waals surface area contributed by atoms with Crippen LogP contribution in [0.25, 0.3) is 0 Å². The minimum Gasteiger partial charge on any atom is -0.356 e. The van der Waals surface area contributed by atoms with E-state index in [1.165, 1.54) is 0 Å². The van der Waals surface area contributed by atoms with Crippen LogP contribution in [0.1, 0.15) is 18.4 Å². The van der Waals surface area contributed by atoms with Crippen LogP contribution in [0.4, 0.5) is 0 Å². The van der Waals surface area contributed by atoms with E-state index in [9.17, 15) is 13.2 Å². The van der Waals surface area contributed by atoms with Gasteiger partial charge in [0, 0.05) is 44.7 Å². The Balaban J connectivity index is 0.00000364. The Kier molecular flexibility index (Phi) is 9.82. The average Bonchev–Trinajstić information content (AvgIpc) is 2.90. The molecule has 1 fully saturated rings. The lowest BCUT2D eigenvalue weighted by Gasteiger charge is -2.22. The van der Waals surface area contributed by atoms with E-state index < -0.39 is 9.84 Å². The van der Waals surface area contributed by atoms with Gasteiger partial charge >= 0.3 is 0 Å². The van der Waals surface area contributed by atoms with Gasteiger partial charge in [0.15, 0.2) is 15.8 Å². The van der Waals surface area contributed by atoms with E-state index in [2.05, 4.69) is 15.6 Å². The summed E-state index contributed by atoms with van der Waals surface area (Å²) in [6, 6.07) is 7.34. The first-order chi connectivity index (χ1) is 12.3. The quantitative estimate of drug-likeness (QED) is 0.333.